The molecule has 2 unspecified atom stereocenters. The van der Waals surface area contributed by atoms with Gasteiger partial charge in [0, 0.05) is 74.5 Å². The number of unbranched alkanes of at least 4 members (excludes halogenated alkanes) is 5. The van der Waals surface area contributed by atoms with Gasteiger partial charge in [-0.1, -0.05) is 32.1 Å². The molecule has 0 radical (unpaired) electrons. The molecule has 0 saturated carbocycles. The maximum atomic E-state index is 10.1. The first-order chi connectivity index (χ1) is 18.4. The lowest BCUT2D eigenvalue weighted by molar-refractivity contribution is 0.0296. The topological polar surface area (TPSA) is 126 Å². The molecular weight excluding hydrogens is 530 g/mol. The van der Waals surface area contributed by atoms with E-state index in [1.54, 1.807) is 42.7 Å². The van der Waals surface area contributed by atoms with Crippen LogP contribution in [0.2, 0.25) is 12.1 Å². The SMILES string of the molecule is CO[Si](CCCOCC(O)CCCCCCCCNCC(O)COCCC[Si](OC)(OC)OC)(OC)OC. The van der Waals surface area contributed by atoms with Crippen LogP contribution in [0.25, 0.3) is 0 Å². The molecule has 11 nitrogen and oxygen atoms in total. The Balaban J connectivity index is 3.51. The van der Waals surface area contributed by atoms with Crippen LogP contribution in [0.4, 0.5) is 0 Å². The Morgan fingerprint density at radius 1 is 0.553 bits per heavy atom. The molecule has 0 heterocycles. The first kappa shape index (κ1) is 38.0. The normalized spacial score (nSPS) is 14.2. The van der Waals surface area contributed by atoms with E-state index in [1.807, 2.05) is 0 Å². The van der Waals surface area contributed by atoms with Gasteiger partial charge in [0.15, 0.2) is 0 Å². The zero-order valence-electron chi connectivity index (χ0n) is 24.8. The largest absolute Gasteiger partial charge is 0.500 e. The average molecular weight is 588 g/mol. The fourth-order valence-electron chi connectivity index (χ4n) is 4.08. The van der Waals surface area contributed by atoms with Crippen LogP contribution in [0.1, 0.15) is 57.8 Å². The molecule has 0 bridgehead atoms. The Morgan fingerprint density at radius 2 is 0.974 bits per heavy atom. The van der Waals surface area contributed by atoms with Crippen LogP contribution in [0, 0.1) is 0 Å². The summed E-state index contributed by atoms with van der Waals surface area (Å²) >= 11 is 0. The molecule has 3 N–H and O–H groups in total. The minimum Gasteiger partial charge on any atom is -0.391 e. The second kappa shape index (κ2) is 24.8. The van der Waals surface area contributed by atoms with Crippen LogP contribution in [-0.2, 0) is 36.0 Å². The summed E-state index contributed by atoms with van der Waals surface area (Å²) < 4.78 is 43.4. The van der Waals surface area contributed by atoms with Crippen molar-refractivity contribution in [2.24, 2.45) is 0 Å². The number of ether oxygens (including phenoxy) is 2. The van der Waals surface area contributed by atoms with E-state index in [1.165, 1.54) is 12.8 Å². The first-order valence-electron chi connectivity index (χ1n) is 13.9. The first-order valence-corrected chi connectivity index (χ1v) is 17.8. The Kier molecular flexibility index (Phi) is 24.8. The molecule has 38 heavy (non-hydrogen) atoms. The van der Waals surface area contributed by atoms with Gasteiger partial charge in [0.25, 0.3) is 0 Å². The average Bonchev–Trinajstić information content (AvgIpc) is 2.94. The number of nitrogens with one attached hydrogen (secondary N) is 1. The minimum absolute atomic E-state index is 0.309. The number of aliphatic hydroxyl groups is 2. The lowest BCUT2D eigenvalue weighted by Crippen LogP contribution is -2.42. The number of hydrogen-bond acceptors (Lipinski definition) is 11. The molecule has 0 fully saturated rings. The number of rotatable bonds is 29. The van der Waals surface area contributed by atoms with Crippen LogP contribution in [0.5, 0.6) is 0 Å². The molecule has 0 aliphatic heterocycles. The summed E-state index contributed by atoms with van der Waals surface area (Å²) in [5.74, 6) is 0. The van der Waals surface area contributed by atoms with Crippen molar-refractivity contribution >= 4 is 17.6 Å². The van der Waals surface area contributed by atoms with Gasteiger partial charge in [0.1, 0.15) is 0 Å². The molecule has 0 aromatic heterocycles. The van der Waals surface area contributed by atoms with Gasteiger partial charge < -0.3 is 51.6 Å². The third-order valence-electron chi connectivity index (χ3n) is 6.55. The van der Waals surface area contributed by atoms with Gasteiger partial charge in [-0.25, -0.2) is 0 Å². The molecule has 2 atom stereocenters. The number of aliphatic hydroxyl groups excluding tert-OH is 2. The van der Waals surface area contributed by atoms with Crippen molar-refractivity contribution in [1.82, 2.24) is 5.32 Å². The van der Waals surface area contributed by atoms with Gasteiger partial charge in [-0.05, 0) is 32.2 Å². The molecule has 0 aromatic carbocycles. The van der Waals surface area contributed by atoms with E-state index in [0.717, 1.165) is 51.5 Å². The predicted molar refractivity (Wildman–Crippen MR) is 151 cm³/mol. The Morgan fingerprint density at radius 3 is 1.45 bits per heavy atom. The summed E-state index contributed by atoms with van der Waals surface area (Å²) in [5, 5.41) is 23.4. The summed E-state index contributed by atoms with van der Waals surface area (Å²) in [6.07, 6.45) is 8.08. The highest BCUT2D eigenvalue weighted by molar-refractivity contribution is 6.60. The highest BCUT2D eigenvalue weighted by atomic mass is 28.4. The molecule has 230 valence electrons. The van der Waals surface area contributed by atoms with E-state index >= 15 is 0 Å². The van der Waals surface area contributed by atoms with Crippen LogP contribution < -0.4 is 5.32 Å². The van der Waals surface area contributed by atoms with E-state index < -0.39 is 29.8 Å². The quantitative estimate of drug-likeness (QED) is 0.0883. The smallest absolute Gasteiger partial charge is 0.391 e. The summed E-state index contributed by atoms with van der Waals surface area (Å²) in [4.78, 5) is 0. The minimum atomic E-state index is -2.54. The van der Waals surface area contributed by atoms with Crippen molar-refractivity contribution < 1.29 is 46.2 Å². The zero-order chi connectivity index (χ0) is 28.5. The van der Waals surface area contributed by atoms with E-state index in [-0.39, 0.29) is 0 Å². The fourth-order valence-corrected chi connectivity index (χ4v) is 7.46. The number of hydrogen-bond donors (Lipinski definition) is 3. The van der Waals surface area contributed by atoms with Crippen molar-refractivity contribution in [1.29, 1.82) is 0 Å². The molecule has 0 spiro atoms. The van der Waals surface area contributed by atoms with Crippen molar-refractivity contribution in [3.63, 3.8) is 0 Å². The van der Waals surface area contributed by atoms with Crippen molar-refractivity contribution in [3.8, 4) is 0 Å². The Hall–Kier alpha value is -0.00623. The van der Waals surface area contributed by atoms with Gasteiger partial charge in [-0.2, -0.15) is 0 Å². The highest BCUT2D eigenvalue weighted by Crippen LogP contribution is 2.16. The Labute approximate surface area is 233 Å². The maximum absolute atomic E-state index is 10.1. The van der Waals surface area contributed by atoms with Crippen LogP contribution in [-0.4, -0.2) is 122 Å². The lowest BCUT2D eigenvalue weighted by atomic mass is 10.1. The Bertz CT molecular complexity index is 456. The van der Waals surface area contributed by atoms with Crippen LogP contribution >= 0.6 is 0 Å². The van der Waals surface area contributed by atoms with Gasteiger partial charge in [0.2, 0.25) is 0 Å². The molecule has 0 saturated heterocycles. The predicted octanol–water partition coefficient (Wildman–Crippen LogP) is 2.60. The fraction of sp³-hybridized carbons (Fsp3) is 1.00. The molecule has 0 rings (SSSR count). The van der Waals surface area contributed by atoms with Gasteiger partial charge in [0.05, 0.1) is 25.4 Å². The van der Waals surface area contributed by atoms with Crippen molar-refractivity contribution in [3.05, 3.63) is 0 Å². The third kappa shape index (κ3) is 18.4. The molecule has 0 amide bonds. The van der Waals surface area contributed by atoms with E-state index in [4.69, 9.17) is 36.0 Å². The zero-order valence-corrected chi connectivity index (χ0v) is 26.8. The van der Waals surface area contributed by atoms with Crippen molar-refractivity contribution in [2.45, 2.75) is 82.1 Å². The standard InChI is InChI=1S/C25H57NO10Si2/c1-29-37(30-2,31-3)19-13-17-35-22-24(27)15-11-9-7-8-10-12-16-26-21-25(28)23-36-18-14-20-38(32-4,33-5)34-6/h24-28H,7-23H2,1-6H3. The second-order valence-corrected chi connectivity index (χ2v) is 15.6. The van der Waals surface area contributed by atoms with E-state index in [0.29, 0.717) is 45.1 Å². The summed E-state index contributed by atoms with van der Waals surface area (Å²) in [6.45, 7) is 3.18. The molecule has 13 heteroatoms. The van der Waals surface area contributed by atoms with Crippen LogP contribution in [0.15, 0.2) is 0 Å². The summed E-state index contributed by atoms with van der Waals surface area (Å²) in [5.41, 5.74) is 0. The highest BCUT2D eigenvalue weighted by Gasteiger charge is 2.37. The van der Waals surface area contributed by atoms with Gasteiger partial charge in [-0.15, -0.1) is 0 Å². The molecule has 0 aliphatic rings. The van der Waals surface area contributed by atoms with Crippen LogP contribution in [0.3, 0.4) is 0 Å². The maximum Gasteiger partial charge on any atom is 0.500 e. The van der Waals surface area contributed by atoms with Gasteiger partial charge in [-0.3, -0.25) is 0 Å². The second-order valence-electron chi connectivity index (χ2n) is 9.37. The molecule has 0 aromatic rings. The molecular formula is C25H57NO10Si2. The third-order valence-corrected chi connectivity index (χ3v) is 12.2. The lowest BCUT2D eigenvalue weighted by Gasteiger charge is -2.24. The van der Waals surface area contributed by atoms with Crippen molar-refractivity contribution in [2.75, 3.05) is 82.2 Å². The van der Waals surface area contributed by atoms with Gasteiger partial charge >= 0.3 is 17.6 Å². The van der Waals surface area contributed by atoms with E-state index in [9.17, 15) is 10.2 Å². The molecule has 0 aliphatic carbocycles. The monoisotopic (exact) mass is 587 g/mol. The van der Waals surface area contributed by atoms with E-state index in [2.05, 4.69) is 5.32 Å². The summed E-state index contributed by atoms with van der Waals surface area (Å²) in [6, 6.07) is 1.38. The summed E-state index contributed by atoms with van der Waals surface area (Å²) in [7, 11) is 4.55.